The summed E-state index contributed by atoms with van der Waals surface area (Å²) in [5.41, 5.74) is 13.5. The Hall–Kier alpha value is -3.92. The number of H-pyrrole nitrogens is 2. The monoisotopic (exact) mass is 536 g/mol. The van der Waals surface area contributed by atoms with E-state index < -0.39 is 0 Å². The Morgan fingerprint density at radius 2 is 1.50 bits per heavy atom. The number of nitrogens with zero attached hydrogens (tertiary/aromatic N) is 2. The van der Waals surface area contributed by atoms with Crippen molar-refractivity contribution in [2.75, 3.05) is 0 Å². The van der Waals surface area contributed by atoms with Crippen molar-refractivity contribution in [1.82, 2.24) is 19.9 Å². The standard InChI is InChI=1S/C29H22N4O3P2/c34-14-37-28-30-12-25(32-28)19-3-5-21-20(10-19)13-36-26-11-17(2-7-23(21)26)16-1-6-22-18(9-16)4-8-24-27(22)33-29(31-24)38-15-35/h1-3,5-7,9-12,14-15,37-38H,4,8,13H2,(H,30,32)(H,31,33). The molecule has 2 aliphatic rings. The molecule has 38 heavy (non-hydrogen) atoms. The average Bonchev–Trinajstić information content (AvgIpc) is 3.59. The summed E-state index contributed by atoms with van der Waals surface area (Å²) in [5, 5.41) is 0. The molecule has 0 saturated heterocycles. The van der Waals surface area contributed by atoms with Crippen molar-refractivity contribution in [2.24, 2.45) is 0 Å². The molecule has 1 aliphatic carbocycles. The third-order valence-corrected chi connectivity index (χ3v) is 8.43. The highest BCUT2D eigenvalue weighted by Crippen LogP contribution is 2.42. The van der Waals surface area contributed by atoms with Crippen LogP contribution < -0.4 is 15.9 Å². The van der Waals surface area contributed by atoms with Gasteiger partial charge in [-0.2, -0.15) is 0 Å². The summed E-state index contributed by atoms with van der Waals surface area (Å²) in [4.78, 5) is 37.2. The maximum atomic E-state index is 10.9. The van der Waals surface area contributed by atoms with Crippen LogP contribution in [0.2, 0.25) is 0 Å². The molecule has 0 fully saturated rings. The van der Waals surface area contributed by atoms with E-state index in [1.54, 1.807) is 6.20 Å². The van der Waals surface area contributed by atoms with E-state index in [0.717, 1.165) is 86.7 Å². The van der Waals surface area contributed by atoms with Gasteiger partial charge in [0.1, 0.15) is 35.5 Å². The minimum atomic E-state index is 0.0281. The van der Waals surface area contributed by atoms with Crippen molar-refractivity contribution < 1.29 is 14.3 Å². The first-order valence-electron chi connectivity index (χ1n) is 12.3. The second kappa shape index (κ2) is 9.43. The minimum Gasteiger partial charge on any atom is -0.488 e. The number of ether oxygens (including phenoxy) is 1. The van der Waals surface area contributed by atoms with Gasteiger partial charge in [0, 0.05) is 34.0 Å². The number of aromatic amines is 2. The van der Waals surface area contributed by atoms with Gasteiger partial charge in [-0.3, -0.25) is 9.59 Å². The SMILES string of the molecule is O=CPc1ncc(-c2ccc3c(c2)COc2cc(-c4ccc5c(c4)CCc4[nH]c(PC=O)nc4-5)ccc2-3)[nH]1. The maximum absolute atomic E-state index is 10.9. The van der Waals surface area contributed by atoms with E-state index in [4.69, 9.17) is 4.74 Å². The van der Waals surface area contributed by atoms with Crippen LogP contribution in [-0.2, 0) is 29.0 Å². The van der Waals surface area contributed by atoms with Crippen LogP contribution in [0.1, 0.15) is 16.8 Å². The number of benzene rings is 3. The van der Waals surface area contributed by atoms with Crippen LogP contribution in [0.25, 0.3) is 44.8 Å². The molecule has 186 valence electrons. The molecule has 2 unspecified atom stereocenters. The molecule has 3 heterocycles. The zero-order chi connectivity index (χ0) is 25.6. The fraction of sp³-hybridized carbons (Fsp3) is 0.103. The van der Waals surface area contributed by atoms with Gasteiger partial charge in [-0.15, -0.1) is 0 Å². The molecular weight excluding hydrogens is 514 g/mol. The summed E-state index contributed by atoms with van der Waals surface area (Å²) < 4.78 is 6.22. The molecule has 0 bridgehead atoms. The molecule has 0 amide bonds. The van der Waals surface area contributed by atoms with E-state index in [2.05, 4.69) is 74.5 Å². The van der Waals surface area contributed by atoms with Gasteiger partial charge in [0.2, 0.25) is 0 Å². The Bertz CT molecular complexity index is 1740. The summed E-state index contributed by atoms with van der Waals surface area (Å²) in [5.74, 6) is 0.880. The lowest BCUT2D eigenvalue weighted by Crippen LogP contribution is -2.06. The van der Waals surface area contributed by atoms with Gasteiger partial charge in [-0.1, -0.05) is 42.5 Å². The predicted octanol–water partition coefficient (Wildman–Crippen LogP) is 4.78. The fourth-order valence-electron chi connectivity index (χ4n) is 5.35. The van der Waals surface area contributed by atoms with Crippen molar-refractivity contribution >= 4 is 40.3 Å². The topological polar surface area (TPSA) is 101 Å². The largest absolute Gasteiger partial charge is 0.488 e. The first-order chi connectivity index (χ1) is 18.7. The molecule has 1 aliphatic heterocycles. The van der Waals surface area contributed by atoms with Crippen molar-refractivity contribution in [3.8, 4) is 50.5 Å². The average molecular weight is 536 g/mol. The summed E-state index contributed by atoms with van der Waals surface area (Å²) in [7, 11) is 0.0841. The maximum Gasteiger partial charge on any atom is 0.146 e. The lowest BCUT2D eigenvalue weighted by Gasteiger charge is -2.22. The third kappa shape index (κ3) is 3.99. The Labute approximate surface area is 222 Å². The van der Waals surface area contributed by atoms with E-state index in [-0.39, 0.29) is 17.2 Å². The van der Waals surface area contributed by atoms with Crippen LogP contribution in [0.3, 0.4) is 0 Å². The molecule has 3 aromatic carbocycles. The molecule has 0 radical (unpaired) electrons. The van der Waals surface area contributed by atoms with Gasteiger partial charge in [0.05, 0.1) is 17.6 Å². The van der Waals surface area contributed by atoms with E-state index in [9.17, 15) is 9.59 Å². The van der Waals surface area contributed by atoms with Crippen molar-refractivity contribution in [1.29, 1.82) is 0 Å². The smallest absolute Gasteiger partial charge is 0.146 e. The molecule has 9 heteroatoms. The van der Waals surface area contributed by atoms with Crippen LogP contribution in [0.4, 0.5) is 0 Å². The molecule has 7 nitrogen and oxygen atoms in total. The first-order valence-corrected chi connectivity index (χ1v) is 14.4. The lowest BCUT2D eigenvalue weighted by atomic mass is 9.88. The Morgan fingerprint density at radius 1 is 0.763 bits per heavy atom. The molecular formula is C29H22N4O3P2. The highest BCUT2D eigenvalue weighted by atomic mass is 31.1. The number of rotatable bonds is 6. The van der Waals surface area contributed by atoms with Crippen molar-refractivity contribution in [2.45, 2.75) is 19.4 Å². The van der Waals surface area contributed by atoms with Gasteiger partial charge in [-0.05, 0) is 58.4 Å². The number of hydrogen-bond acceptors (Lipinski definition) is 5. The van der Waals surface area contributed by atoms with Gasteiger partial charge in [-0.25, -0.2) is 9.97 Å². The molecule has 2 N–H and O–H groups in total. The normalized spacial score (nSPS) is 13.7. The predicted molar refractivity (Wildman–Crippen MR) is 154 cm³/mol. The van der Waals surface area contributed by atoms with E-state index in [1.807, 2.05) is 0 Å². The van der Waals surface area contributed by atoms with Gasteiger partial charge >= 0.3 is 0 Å². The Balaban J connectivity index is 1.18. The second-order valence-electron chi connectivity index (χ2n) is 9.33. The lowest BCUT2D eigenvalue weighted by molar-refractivity contribution is 0.302. The van der Waals surface area contributed by atoms with E-state index in [1.165, 1.54) is 11.1 Å². The first kappa shape index (κ1) is 23.2. The quantitative estimate of drug-likeness (QED) is 0.240. The van der Waals surface area contributed by atoms with E-state index in [0.29, 0.717) is 12.2 Å². The molecule has 0 saturated carbocycles. The molecule has 5 aromatic rings. The zero-order valence-electron chi connectivity index (χ0n) is 20.2. The third-order valence-electron chi connectivity index (χ3n) is 7.16. The molecule has 2 aromatic heterocycles. The van der Waals surface area contributed by atoms with Crippen LogP contribution in [0.5, 0.6) is 5.75 Å². The van der Waals surface area contributed by atoms with E-state index >= 15 is 0 Å². The van der Waals surface area contributed by atoms with Crippen LogP contribution in [0, 0.1) is 0 Å². The minimum absolute atomic E-state index is 0.0281. The van der Waals surface area contributed by atoms with Crippen LogP contribution >= 0.6 is 17.2 Å². The summed E-state index contributed by atoms with van der Waals surface area (Å²) in [6.45, 7) is 0.493. The van der Waals surface area contributed by atoms with Crippen molar-refractivity contribution in [3.63, 3.8) is 0 Å². The number of fused-ring (bicyclic) bond motifs is 6. The number of hydrogen-bond donors (Lipinski definition) is 2. The highest BCUT2D eigenvalue weighted by molar-refractivity contribution is 7.62. The highest BCUT2D eigenvalue weighted by Gasteiger charge is 2.22. The second-order valence-corrected chi connectivity index (χ2v) is 11.3. The summed E-state index contributed by atoms with van der Waals surface area (Å²) in [6.07, 6.45) is 3.60. The van der Waals surface area contributed by atoms with Crippen LogP contribution in [-0.4, -0.2) is 32.0 Å². The van der Waals surface area contributed by atoms with Gasteiger partial charge in [0.25, 0.3) is 0 Å². The number of carbonyl (C=O) groups excluding carboxylic acids is 2. The molecule has 7 rings (SSSR count). The van der Waals surface area contributed by atoms with Crippen LogP contribution in [0.15, 0.2) is 60.8 Å². The van der Waals surface area contributed by atoms with Gasteiger partial charge < -0.3 is 14.7 Å². The molecule has 0 spiro atoms. The fourth-order valence-corrected chi connectivity index (χ4v) is 6.32. The summed E-state index contributed by atoms with van der Waals surface area (Å²) in [6, 6.07) is 21.1. The number of carbonyl (C=O) groups is 2. The van der Waals surface area contributed by atoms with Crippen molar-refractivity contribution in [3.05, 3.63) is 77.6 Å². The summed E-state index contributed by atoms with van der Waals surface area (Å²) >= 11 is 0. The number of aryl methyl sites for hydroxylation is 2. The zero-order valence-corrected chi connectivity index (χ0v) is 22.2. The number of nitrogens with one attached hydrogen (secondary N) is 2. The number of imidazole rings is 2. The number of aromatic nitrogens is 4. The van der Waals surface area contributed by atoms with Gasteiger partial charge in [0.15, 0.2) is 0 Å². The Kier molecular flexibility index (Phi) is 5.76. The molecule has 2 atom stereocenters. The Morgan fingerprint density at radius 3 is 2.37 bits per heavy atom.